The Balaban J connectivity index is 0.000000343. The summed E-state index contributed by atoms with van der Waals surface area (Å²) in [6, 6.07) is 3.56. The van der Waals surface area contributed by atoms with Gasteiger partial charge in [-0.05, 0) is 25.6 Å². The highest BCUT2D eigenvalue weighted by molar-refractivity contribution is 5.96. The van der Waals surface area contributed by atoms with Crippen LogP contribution in [0.25, 0.3) is 0 Å². The Kier molecular flexibility index (Phi) is 8.75. The predicted molar refractivity (Wildman–Crippen MR) is 109 cm³/mol. The first-order valence-corrected chi connectivity index (χ1v) is 9.68. The highest BCUT2D eigenvalue weighted by atomic mass is 16.5. The van der Waals surface area contributed by atoms with E-state index in [-0.39, 0.29) is 12.0 Å². The smallest absolute Gasteiger partial charge is 0.328 e. The molecule has 0 radical (unpaired) electrons. The van der Waals surface area contributed by atoms with Gasteiger partial charge in [-0.2, -0.15) is 0 Å². The number of ether oxygens (including phenoxy) is 1. The molecule has 1 amide bonds. The molecule has 0 spiro atoms. The lowest BCUT2D eigenvalue weighted by molar-refractivity contribution is -0.134. The van der Waals surface area contributed by atoms with Crippen LogP contribution in [0.1, 0.15) is 16.8 Å². The number of amides is 1. The summed E-state index contributed by atoms with van der Waals surface area (Å²) in [4.78, 5) is 42.2. The summed E-state index contributed by atoms with van der Waals surface area (Å²) in [5, 5.41) is 15.6. The molecule has 2 aliphatic heterocycles. The van der Waals surface area contributed by atoms with Crippen molar-refractivity contribution in [3.05, 3.63) is 36.0 Å². The van der Waals surface area contributed by atoms with Gasteiger partial charge >= 0.3 is 11.9 Å². The fourth-order valence-electron chi connectivity index (χ4n) is 3.13. The number of hydrogen-bond donors (Lipinski definition) is 2. The van der Waals surface area contributed by atoms with Crippen LogP contribution in [0.4, 0.5) is 0 Å². The van der Waals surface area contributed by atoms with Gasteiger partial charge in [-0.3, -0.25) is 4.79 Å². The van der Waals surface area contributed by atoms with Crippen LogP contribution in [-0.4, -0.2) is 107 Å². The second-order valence-corrected chi connectivity index (χ2v) is 7.23. The molecule has 164 valence electrons. The molecule has 0 aromatic carbocycles. The predicted octanol–water partition coefficient (Wildman–Crippen LogP) is 0.264. The maximum atomic E-state index is 12.3. The Hall–Kier alpha value is -2.98. The van der Waals surface area contributed by atoms with E-state index in [9.17, 15) is 14.4 Å². The zero-order valence-corrected chi connectivity index (χ0v) is 17.2. The molecule has 0 saturated carbocycles. The molecule has 1 saturated heterocycles. The fourth-order valence-corrected chi connectivity index (χ4v) is 3.13. The fraction of sp³-hybridized carbons (Fsp3) is 0.500. The van der Waals surface area contributed by atoms with Crippen molar-refractivity contribution in [1.29, 1.82) is 0 Å². The van der Waals surface area contributed by atoms with Crippen molar-refractivity contribution in [3.8, 4) is 5.88 Å². The number of carboxylic acid groups (broad SMARTS) is 2. The van der Waals surface area contributed by atoms with Gasteiger partial charge in [0, 0.05) is 58.1 Å². The van der Waals surface area contributed by atoms with Gasteiger partial charge in [0.25, 0.3) is 5.91 Å². The number of carbonyl (C=O) groups excluding carboxylic acids is 1. The summed E-state index contributed by atoms with van der Waals surface area (Å²) < 4.78 is 6.00. The van der Waals surface area contributed by atoms with Crippen molar-refractivity contribution in [2.45, 2.75) is 12.5 Å². The minimum absolute atomic E-state index is 0.00440. The molecule has 1 fully saturated rings. The molecule has 10 nitrogen and oxygen atoms in total. The minimum Gasteiger partial charge on any atom is -0.478 e. The van der Waals surface area contributed by atoms with Gasteiger partial charge in [0.05, 0.1) is 6.54 Å². The lowest BCUT2D eigenvalue weighted by atomic mass is 10.2. The average molecular weight is 420 g/mol. The maximum absolute atomic E-state index is 12.3. The summed E-state index contributed by atoms with van der Waals surface area (Å²) in [5.41, 5.74) is 0.562. The molecule has 30 heavy (non-hydrogen) atoms. The van der Waals surface area contributed by atoms with E-state index in [0.29, 0.717) is 30.1 Å². The van der Waals surface area contributed by atoms with Crippen LogP contribution in [0.5, 0.6) is 5.88 Å². The Morgan fingerprint density at radius 3 is 2.40 bits per heavy atom. The van der Waals surface area contributed by atoms with Crippen molar-refractivity contribution in [2.75, 3.05) is 53.4 Å². The van der Waals surface area contributed by atoms with Gasteiger partial charge in [0.2, 0.25) is 5.88 Å². The van der Waals surface area contributed by atoms with Crippen molar-refractivity contribution in [2.24, 2.45) is 0 Å². The largest absolute Gasteiger partial charge is 0.478 e. The molecule has 1 unspecified atom stereocenters. The zero-order chi connectivity index (χ0) is 22.1. The number of pyridine rings is 1. The number of piperazine rings is 1. The first kappa shape index (κ1) is 23.3. The summed E-state index contributed by atoms with van der Waals surface area (Å²) in [6.07, 6.45) is 3.71. The quantitative estimate of drug-likeness (QED) is 0.646. The molecule has 3 heterocycles. The monoisotopic (exact) mass is 420 g/mol. The number of nitrogens with zero attached hydrogens (tertiary/aromatic N) is 4. The van der Waals surface area contributed by atoms with Crippen molar-refractivity contribution in [1.82, 2.24) is 19.7 Å². The molecule has 3 rings (SSSR count). The van der Waals surface area contributed by atoms with Crippen LogP contribution in [0, 0.1) is 0 Å². The normalized spacial score (nSPS) is 20.0. The molecule has 10 heteroatoms. The third kappa shape index (κ3) is 7.45. The number of aromatic nitrogens is 1. The number of fused-ring (bicyclic) bond motifs is 1. The van der Waals surface area contributed by atoms with E-state index in [1.807, 2.05) is 7.05 Å². The molecule has 1 aromatic heterocycles. The number of carbonyl (C=O) groups is 3. The lowest BCUT2D eigenvalue weighted by Gasteiger charge is -2.33. The van der Waals surface area contributed by atoms with Crippen LogP contribution in [0.3, 0.4) is 0 Å². The average Bonchev–Trinajstić information content (AvgIpc) is 2.83. The summed E-state index contributed by atoms with van der Waals surface area (Å²) >= 11 is 0. The molecular formula is C20H28N4O6. The highest BCUT2D eigenvalue weighted by Gasteiger charge is 2.27. The number of rotatable bonds is 5. The van der Waals surface area contributed by atoms with E-state index in [1.165, 1.54) is 0 Å². The third-order valence-corrected chi connectivity index (χ3v) is 4.84. The summed E-state index contributed by atoms with van der Waals surface area (Å²) in [5.74, 6) is -2.05. The van der Waals surface area contributed by atoms with Crippen LogP contribution in [0.15, 0.2) is 30.5 Å². The second kappa shape index (κ2) is 11.3. The Bertz CT molecular complexity index is 760. The van der Waals surface area contributed by atoms with Gasteiger partial charge < -0.3 is 29.6 Å². The van der Waals surface area contributed by atoms with Gasteiger partial charge in [-0.1, -0.05) is 0 Å². The first-order chi connectivity index (χ1) is 14.3. The topological polar surface area (TPSA) is 124 Å². The molecule has 2 N–H and O–H groups in total. The van der Waals surface area contributed by atoms with Crippen molar-refractivity contribution >= 4 is 17.8 Å². The lowest BCUT2D eigenvalue weighted by Crippen LogP contribution is -2.46. The third-order valence-electron chi connectivity index (χ3n) is 4.84. The maximum Gasteiger partial charge on any atom is 0.328 e. The SMILES string of the molecule is CN1CCN(CCC2CN(C)C(=O)c3cccnc3O2)CC1.O=C(O)/C=C/C(=O)O. The standard InChI is InChI=1S/C16H24N4O2.C4H4O4/c1-18-8-10-20(11-9-18)7-5-13-12-19(2)16(21)14-4-3-6-17-15(14)22-13;5-3(6)1-2-4(7)8/h3-4,6,13H,5,7-12H2,1-2H3;1-2H,(H,5,6)(H,7,8)/b;2-1+. The van der Waals surface area contributed by atoms with E-state index in [1.54, 1.807) is 23.2 Å². The molecular weight excluding hydrogens is 392 g/mol. The minimum atomic E-state index is -1.26. The van der Waals surface area contributed by atoms with E-state index >= 15 is 0 Å². The summed E-state index contributed by atoms with van der Waals surface area (Å²) in [6.45, 7) is 6.06. The van der Waals surface area contributed by atoms with Crippen LogP contribution < -0.4 is 4.74 Å². The number of aliphatic carboxylic acids is 2. The van der Waals surface area contributed by atoms with E-state index < -0.39 is 11.9 Å². The molecule has 2 aliphatic rings. The van der Waals surface area contributed by atoms with Crippen LogP contribution >= 0.6 is 0 Å². The van der Waals surface area contributed by atoms with Gasteiger partial charge in [0.15, 0.2) is 0 Å². The molecule has 0 aliphatic carbocycles. The van der Waals surface area contributed by atoms with Crippen molar-refractivity contribution < 1.29 is 29.3 Å². The highest BCUT2D eigenvalue weighted by Crippen LogP contribution is 2.22. The van der Waals surface area contributed by atoms with E-state index in [4.69, 9.17) is 14.9 Å². The Morgan fingerprint density at radius 2 is 1.80 bits per heavy atom. The Labute approximate surface area is 175 Å². The molecule has 1 aromatic rings. The van der Waals surface area contributed by atoms with E-state index in [0.717, 1.165) is 39.1 Å². The molecule has 0 bridgehead atoms. The molecule has 1 atom stereocenters. The first-order valence-electron chi connectivity index (χ1n) is 9.68. The Morgan fingerprint density at radius 1 is 1.17 bits per heavy atom. The number of likely N-dealkylation sites (N-methyl/N-ethyl adjacent to an activating group) is 2. The second-order valence-electron chi connectivity index (χ2n) is 7.23. The summed E-state index contributed by atoms with van der Waals surface area (Å²) in [7, 11) is 3.99. The van der Waals surface area contributed by atoms with Gasteiger partial charge in [-0.25, -0.2) is 14.6 Å². The van der Waals surface area contributed by atoms with Crippen molar-refractivity contribution in [3.63, 3.8) is 0 Å². The van der Waals surface area contributed by atoms with Crippen LogP contribution in [0.2, 0.25) is 0 Å². The zero-order valence-electron chi connectivity index (χ0n) is 17.2. The number of carboxylic acids is 2. The number of hydrogen-bond acceptors (Lipinski definition) is 7. The van der Waals surface area contributed by atoms with Gasteiger partial charge in [-0.15, -0.1) is 0 Å². The van der Waals surface area contributed by atoms with Crippen LogP contribution in [-0.2, 0) is 9.59 Å². The van der Waals surface area contributed by atoms with Gasteiger partial charge in [0.1, 0.15) is 11.7 Å². The van der Waals surface area contributed by atoms with E-state index in [2.05, 4.69) is 21.8 Å².